The van der Waals surface area contributed by atoms with Gasteiger partial charge in [0.2, 0.25) is 0 Å². The quantitative estimate of drug-likeness (QED) is 0.180. The van der Waals surface area contributed by atoms with Crippen molar-refractivity contribution in [3.05, 3.63) is 105 Å². The molecule has 0 aliphatic carbocycles. The highest BCUT2D eigenvalue weighted by molar-refractivity contribution is 5.36. The number of hydrogen-bond acceptors (Lipinski definition) is 3. The average molecular weight is 820 g/mol. The summed E-state index contributed by atoms with van der Waals surface area (Å²) in [6.07, 6.45) is 8.24. The van der Waals surface area contributed by atoms with Gasteiger partial charge in [-0.3, -0.25) is 14.7 Å². The van der Waals surface area contributed by atoms with Crippen molar-refractivity contribution in [1.82, 2.24) is 14.7 Å². The van der Waals surface area contributed by atoms with Crippen molar-refractivity contribution >= 4 is 0 Å². The van der Waals surface area contributed by atoms with E-state index in [1.165, 1.54) is 122 Å². The van der Waals surface area contributed by atoms with E-state index in [1.807, 2.05) is 0 Å². The zero-order valence-electron chi connectivity index (χ0n) is 41.8. The lowest BCUT2D eigenvalue weighted by Gasteiger charge is -2.37. The van der Waals surface area contributed by atoms with Crippen LogP contribution in [0.3, 0.4) is 0 Å². The van der Waals surface area contributed by atoms with Crippen LogP contribution >= 0.6 is 0 Å². The second-order valence-electron chi connectivity index (χ2n) is 21.5. The Kier molecular flexibility index (Phi) is 20.4. The van der Waals surface area contributed by atoms with E-state index in [-0.39, 0.29) is 0 Å². The lowest BCUT2D eigenvalue weighted by Crippen LogP contribution is -2.37. The molecule has 0 spiro atoms. The first-order chi connectivity index (χ1) is 28.4. The van der Waals surface area contributed by atoms with Crippen LogP contribution in [-0.2, 0) is 13.1 Å². The molecule has 3 aromatic carbocycles. The highest BCUT2D eigenvalue weighted by Crippen LogP contribution is 2.32. The van der Waals surface area contributed by atoms with E-state index in [4.69, 9.17) is 0 Å². The van der Waals surface area contributed by atoms with Crippen molar-refractivity contribution in [2.24, 2.45) is 35.5 Å². The van der Waals surface area contributed by atoms with Crippen molar-refractivity contribution in [3.8, 4) is 0 Å². The van der Waals surface area contributed by atoms with Gasteiger partial charge >= 0.3 is 0 Å². The van der Waals surface area contributed by atoms with Gasteiger partial charge in [-0.15, -0.1) is 0 Å². The summed E-state index contributed by atoms with van der Waals surface area (Å²) in [6.45, 7) is 44.7. The molecule has 3 aromatic rings. The number of likely N-dealkylation sites (tertiary alicyclic amines) is 3. The van der Waals surface area contributed by atoms with Gasteiger partial charge in [-0.25, -0.2) is 0 Å². The Morgan fingerprint density at radius 1 is 0.467 bits per heavy atom. The third-order valence-corrected chi connectivity index (χ3v) is 15.2. The number of piperidine rings is 3. The molecule has 0 N–H and O–H groups in total. The van der Waals surface area contributed by atoms with Gasteiger partial charge in [-0.1, -0.05) is 144 Å². The largest absolute Gasteiger partial charge is 0.299 e. The molecule has 0 radical (unpaired) electrons. The third-order valence-electron chi connectivity index (χ3n) is 15.2. The predicted octanol–water partition coefficient (Wildman–Crippen LogP) is 15.2. The lowest BCUT2D eigenvalue weighted by molar-refractivity contribution is 0.122. The van der Waals surface area contributed by atoms with Crippen LogP contribution in [0.2, 0.25) is 0 Å². The molecule has 336 valence electrons. The van der Waals surface area contributed by atoms with Crippen LogP contribution in [0.5, 0.6) is 0 Å². The van der Waals surface area contributed by atoms with Crippen molar-refractivity contribution < 1.29 is 0 Å². The number of rotatable bonds is 12. The second-order valence-corrected chi connectivity index (χ2v) is 21.5. The van der Waals surface area contributed by atoms with Crippen LogP contribution in [0.15, 0.2) is 60.7 Å². The topological polar surface area (TPSA) is 9.72 Å². The van der Waals surface area contributed by atoms with Gasteiger partial charge in [0.1, 0.15) is 0 Å². The van der Waals surface area contributed by atoms with Gasteiger partial charge < -0.3 is 0 Å². The summed E-state index contributed by atoms with van der Waals surface area (Å²) in [5, 5.41) is 0. The molecular formula is C57H93N3. The number of aryl methyl sites for hydroxylation is 1. The van der Waals surface area contributed by atoms with Gasteiger partial charge in [0.25, 0.3) is 0 Å². The fraction of sp³-hybridized carbons (Fsp3) is 0.684. The first kappa shape index (κ1) is 50.2. The standard InChI is InChI=1S/3C19H31N/c1-14(2)18-8-10-20(11-9-18)13-17-7-6-16(5)19(12-17)15(3)4;1-14(2)17-9-11-20(12-10-17)13-18-7-6-8-19(15(3)4)16(18)5;1-14(2)17-9-11-20(12-10-17)16(5)19-8-6-7-18(13-19)15(3)4/h6-7,12,14-15,18H,8-11,13H2,1-5H3;6-8,14-15,17H,9-13H2,1-5H3;6-8,13-17H,9-12H2,1-5H3. The lowest BCUT2D eigenvalue weighted by atomic mass is 9.86. The highest BCUT2D eigenvalue weighted by Gasteiger charge is 2.26. The number of benzene rings is 3. The Balaban J connectivity index is 0.000000198. The first-order valence-corrected chi connectivity index (χ1v) is 24.9. The maximum absolute atomic E-state index is 2.66. The molecule has 6 rings (SSSR count). The molecule has 0 saturated carbocycles. The van der Waals surface area contributed by atoms with Crippen LogP contribution < -0.4 is 0 Å². The molecule has 0 bridgehead atoms. The van der Waals surface area contributed by atoms with Crippen LogP contribution in [0.4, 0.5) is 0 Å². The molecule has 3 aliphatic rings. The first-order valence-electron chi connectivity index (χ1n) is 24.9. The fourth-order valence-electron chi connectivity index (χ4n) is 10.3. The van der Waals surface area contributed by atoms with E-state index in [2.05, 4.69) is 179 Å². The second kappa shape index (κ2) is 24.4. The van der Waals surface area contributed by atoms with Crippen molar-refractivity contribution in [3.63, 3.8) is 0 Å². The Morgan fingerprint density at radius 3 is 1.42 bits per heavy atom. The molecule has 3 heterocycles. The minimum Gasteiger partial charge on any atom is -0.299 e. The Labute approximate surface area is 372 Å². The molecule has 1 unspecified atom stereocenters. The molecule has 3 saturated heterocycles. The SMILES string of the molecule is CC(C)c1cccc(C(C)N2CCC(C(C)C)CC2)c1.Cc1c(CN2CCC(C(C)C)CC2)cccc1C(C)C.Cc1ccc(CN2CCC(C(C)C)CC2)cc1C(C)C. The fourth-order valence-corrected chi connectivity index (χ4v) is 10.3. The Bertz CT molecular complexity index is 1650. The predicted molar refractivity (Wildman–Crippen MR) is 264 cm³/mol. The van der Waals surface area contributed by atoms with Crippen LogP contribution in [0, 0.1) is 49.4 Å². The molecule has 1 atom stereocenters. The summed E-state index contributed by atoms with van der Waals surface area (Å²) in [5.41, 5.74) is 11.9. The van der Waals surface area contributed by atoms with Crippen LogP contribution in [0.1, 0.15) is 197 Å². The van der Waals surface area contributed by atoms with E-state index in [1.54, 1.807) is 0 Å². The normalized spacial score (nSPS) is 18.7. The van der Waals surface area contributed by atoms with Crippen molar-refractivity contribution in [2.45, 2.75) is 179 Å². The summed E-state index contributed by atoms with van der Waals surface area (Å²) in [7, 11) is 0. The Hall–Kier alpha value is -2.46. The highest BCUT2D eigenvalue weighted by atomic mass is 15.2. The smallest absolute Gasteiger partial charge is 0.0319 e. The summed E-state index contributed by atoms with van der Waals surface area (Å²) >= 11 is 0. The van der Waals surface area contributed by atoms with Crippen LogP contribution in [0.25, 0.3) is 0 Å². The van der Waals surface area contributed by atoms with E-state index in [0.29, 0.717) is 23.8 Å². The average Bonchev–Trinajstić information content (AvgIpc) is 3.22. The van der Waals surface area contributed by atoms with Gasteiger partial charge in [0.15, 0.2) is 0 Å². The molecule has 3 heteroatoms. The van der Waals surface area contributed by atoms with Gasteiger partial charge in [-0.2, -0.15) is 0 Å². The summed E-state index contributed by atoms with van der Waals surface area (Å²) in [6, 6.07) is 23.6. The molecule has 0 amide bonds. The van der Waals surface area contributed by atoms with Gasteiger partial charge in [0.05, 0.1) is 0 Å². The minimum atomic E-state index is 0.557. The maximum Gasteiger partial charge on any atom is 0.0319 e. The summed E-state index contributed by atoms with van der Waals surface area (Å²) < 4.78 is 0. The summed E-state index contributed by atoms with van der Waals surface area (Å²) in [5.74, 6) is 7.23. The molecule has 0 aromatic heterocycles. The minimum absolute atomic E-state index is 0.557. The molecule has 3 fully saturated rings. The molecule has 60 heavy (non-hydrogen) atoms. The van der Waals surface area contributed by atoms with E-state index >= 15 is 0 Å². The van der Waals surface area contributed by atoms with E-state index < -0.39 is 0 Å². The molecule has 3 aliphatic heterocycles. The van der Waals surface area contributed by atoms with E-state index in [0.717, 1.165) is 48.6 Å². The number of nitrogens with zero attached hydrogens (tertiary/aromatic N) is 3. The van der Waals surface area contributed by atoms with Gasteiger partial charge in [-0.05, 0) is 196 Å². The Morgan fingerprint density at radius 2 is 0.933 bits per heavy atom. The monoisotopic (exact) mass is 820 g/mol. The third kappa shape index (κ3) is 15.1. The maximum atomic E-state index is 2.66. The van der Waals surface area contributed by atoms with Crippen molar-refractivity contribution in [1.29, 1.82) is 0 Å². The molecular weight excluding hydrogens is 727 g/mol. The zero-order chi connectivity index (χ0) is 44.1. The van der Waals surface area contributed by atoms with E-state index in [9.17, 15) is 0 Å². The summed E-state index contributed by atoms with van der Waals surface area (Å²) in [4.78, 5) is 7.94. The van der Waals surface area contributed by atoms with Crippen LogP contribution in [-0.4, -0.2) is 54.0 Å². The van der Waals surface area contributed by atoms with Crippen molar-refractivity contribution in [2.75, 3.05) is 39.3 Å². The zero-order valence-corrected chi connectivity index (χ0v) is 41.8. The number of hydrogen-bond donors (Lipinski definition) is 0. The van der Waals surface area contributed by atoms with Gasteiger partial charge in [0, 0.05) is 19.1 Å². The molecule has 3 nitrogen and oxygen atoms in total.